The molecule has 2 aromatic rings. The minimum atomic E-state index is -0.310. The van der Waals surface area contributed by atoms with Gasteiger partial charge in [-0.2, -0.15) is 0 Å². The minimum Gasteiger partial charge on any atom is -0.495 e. The highest BCUT2D eigenvalue weighted by molar-refractivity contribution is 8.00. The Kier molecular flexibility index (Phi) is 6.39. The molecule has 7 heteroatoms. The number of amides is 1. The average Bonchev–Trinajstić information content (AvgIpc) is 2.89. The van der Waals surface area contributed by atoms with Crippen molar-refractivity contribution in [2.24, 2.45) is 0 Å². The molecule has 0 saturated carbocycles. The average molecular weight is 408 g/mol. The van der Waals surface area contributed by atoms with E-state index in [4.69, 9.17) is 25.8 Å². The van der Waals surface area contributed by atoms with Gasteiger partial charge in [0, 0.05) is 22.4 Å². The maximum absolute atomic E-state index is 12.6. The van der Waals surface area contributed by atoms with Gasteiger partial charge in [-0.05, 0) is 43.7 Å². The number of aryl methyl sites for hydroxylation is 1. The molecule has 1 amide bonds. The second-order valence-corrected chi connectivity index (χ2v) is 8.03. The molecule has 144 valence electrons. The van der Waals surface area contributed by atoms with E-state index < -0.39 is 0 Å². The van der Waals surface area contributed by atoms with Crippen molar-refractivity contribution < 1.29 is 19.0 Å². The van der Waals surface area contributed by atoms with Crippen LogP contribution in [0.3, 0.4) is 0 Å². The van der Waals surface area contributed by atoms with E-state index in [-0.39, 0.29) is 11.2 Å². The number of hydrogen-bond donors (Lipinski definition) is 1. The Morgan fingerprint density at radius 3 is 2.70 bits per heavy atom. The van der Waals surface area contributed by atoms with Crippen molar-refractivity contribution in [2.75, 3.05) is 25.6 Å². The van der Waals surface area contributed by atoms with Crippen LogP contribution in [-0.2, 0) is 4.79 Å². The van der Waals surface area contributed by atoms with Gasteiger partial charge in [-0.15, -0.1) is 11.8 Å². The monoisotopic (exact) mass is 407 g/mol. The summed E-state index contributed by atoms with van der Waals surface area (Å²) in [7, 11) is 1.55. The normalized spacial score (nSPS) is 14.2. The third kappa shape index (κ3) is 4.82. The summed E-state index contributed by atoms with van der Waals surface area (Å²) in [6.45, 7) is 5.03. The molecule has 1 aliphatic rings. The molecule has 0 unspecified atom stereocenters. The van der Waals surface area contributed by atoms with Crippen LogP contribution in [0, 0.1) is 6.92 Å². The molecular formula is C20H22ClNO4S. The molecule has 1 aliphatic heterocycles. The number of benzene rings is 2. The lowest BCUT2D eigenvalue weighted by atomic mass is 10.2. The van der Waals surface area contributed by atoms with E-state index >= 15 is 0 Å². The van der Waals surface area contributed by atoms with Gasteiger partial charge in [0.1, 0.15) is 5.75 Å². The molecule has 0 aliphatic carbocycles. The van der Waals surface area contributed by atoms with Crippen LogP contribution in [0.1, 0.15) is 18.9 Å². The first-order valence-electron chi connectivity index (χ1n) is 8.69. The van der Waals surface area contributed by atoms with E-state index in [9.17, 15) is 4.79 Å². The first kappa shape index (κ1) is 19.7. The van der Waals surface area contributed by atoms with Gasteiger partial charge in [-0.25, -0.2) is 0 Å². The van der Waals surface area contributed by atoms with Gasteiger partial charge < -0.3 is 19.5 Å². The second-order valence-electron chi connectivity index (χ2n) is 6.21. The molecular weight excluding hydrogens is 386 g/mol. The van der Waals surface area contributed by atoms with Crippen molar-refractivity contribution in [3.8, 4) is 17.2 Å². The number of methoxy groups -OCH3 is 1. The molecule has 0 spiro atoms. The van der Waals surface area contributed by atoms with Crippen molar-refractivity contribution >= 4 is 35.0 Å². The van der Waals surface area contributed by atoms with E-state index in [1.54, 1.807) is 13.2 Å². The van der Waals surface area contributed by atoms with Gasteiger partial charge >= 0.3 is 0 Å². The number of carbonyl (C=O) groups excluding carboxylic acids is 1. The molecule has 27 heavy (non-hydrogen) atoms. The fourth-order valence-electron chi connectivity index (χ4n) is 2.64. The van der Waals surface area contributed by atoms with E-state index in [0.717, 1.165) is 28.4 Å². The van der Waals surface area contributed by atoms with Crippen LogP contribution < -0.4 is 19.5 Å². The van der Waals surface area contributed by atoms with Gasteiger partial charge in [0.05, 0.1) is 31.3 Å². The summed E-state index contributed by atoms with van der Waals surface area (Å²) >= 11 is 7.58. The molecule has 3 rings (SSSR count). The number of rotatable bonds is 5. The zero-order valence-electron chi connectivity index (χ0n) is 15.5. The maximum Gasteiger partial charge on any atom is 0.237 e. The summed E-state index contributed by atoms with van der Waals surface area (Å²) in [5.74, 6) is 1.88. The largest absolute Gasteiger partial charge is 0.495 e. The molecule has 0 bridgehead atoms. The Labute approximate surface area is 168 Å². The van der Waals surface area contributed by atoms with Crippen molar-refractivity contribution in [2.45, 2.75) is 30.4 Å². The Morgan fingerprint density at radius 1 is 1.22 bits per heavy atom. The van der Waals surface area contributed by atoms with Crippen molar-refractivity contribution in [3.63, 3.8) is 0 Å². The summed E-state index contributed by atoms with van der Waals surface area (Å²) in [6, 6.07) is 9.26. The first-order chi connectivity index (χ1) is 13.0. The van der Waals surface area contributed by atoms with E-state index in [1.165, 1.54) is 11.8 Å². The maximum atomic E-state index is 12.6. The summed E-state index contributed by atoms with van der Waals surface area (Å²) in [5.41, 5.74) is 1.48. The summed E-state index contributed by atoms with van der Waals surface area (Å²) in [6.07, 6.45) is 0.859. The van der Waals surface area contributed by atoms with Gasteiger partial charge in [0.25, 0.3) is 0 Å². The Balaban J connectivity index is 1.70. The molecule has 0 fully saturated rings. The Bertz CT molecular complexity index is 843. The molecule has 2 aromatic carbocycles. The van der Waals surface area contributed by atoms with Crippen LogP contribution in [0.2, 0.25) is 5.02 Å². The van der Waals surface area contributed by atoms with Gasteiger partial charge in [-0.1, -0.05) is 11.6 Å². The fourth-order valence-corrected chi connectivity index (χ4v) is 3.69. The number of hydrogen-bond acceptors (Lipinski definition) is 5. The SMILES string of the molecule is COc1cc(Cl)c(C)cc1NC(=O)[C@H](C)Sc1ccc2c(c1)OCCCO2. The highest BCUT2D eigenvalue weighted by atomic mass is 35.5. The number of halogens is 1. The Morgan fingerprint density at radius 2 is 1.96 bits per heavy atom. The number of thioether (sulfide) groups is 1. The predicted octanol–water partition coefficient (Wildman–Crippen LogP) is 4.94. The fraction of sp³-hybridized carbons (Fsp3) is 0.350. The third-order valence-corrected chi connectivity index (χ3v) is 5.64. The molecule has 1 N–H and O–H groups in total. The number of anilines is 1. The van der Waals surface area contributed by atoms with Crippen LogP contribution in [0.25, 0.3) is 0 Å². The first-order valence-corrected chi connectivity index (χ1v) is 9.95. The summed E-state index contributed by atoms with van der Waals surface area (Å²) < 4.78 is 16.7. The number of fused-ring (bicyclic) bond motifs is 1. The lowest BCUT2D eigenvalue weighted by molar-refractivity contribution is -0.115. The Hall–Kier alpha value is -2.05. The smallest absolute Gasteiger partial charge is 0.237 e. The molecule has 5 nitrogen and oxygen atoms in total. The standard InChI is InChI=1S/C20H22ClNO4S/c1-12-9-16(18(24-3)11-15(12)21)22-20(23)13(2)27-14-5-6-17-19(10-14)26-8-4-7-25-17/h5-6,9-11,13H,4,7-8H2,1-3H3,(H,22,23)/t13-/m0/s1. The lowest BCUT2D eigenvalue weighted by Crippen LogP contribution is -2.22. The van der Waals surface area contributed by atoms with Crippen LogP contribution in [0.5, 0.6) is 17.2 Å². The number of nitrogens with one attached hydrogen (secondary N) is 1. The van der Waals surface area contributed by atoms with Crippen molar-refractivity contribution in [3.05, 3.63) is 40.9 Å². The van der Waals surface area contributed by atoms with Crippen LogP contribution in [0.4, 0.5) is 5.69 Å². The lowest BCUT2D eigenvalue weighted by Gasteiger charge is -2.16. The number of ether oxygens (including phenoxy) is 3. The zero-order valence-corrected chi connectivity index (χ0v) is 17.1. The minimum absolute atomic E-state index is 0.118. The predicted molar refractivity (Wildman–Crippen MR) is 109 cm³/mol. The van der Waals surface area contributed by atoms with Crippen LogP contribution in [-0.4, -0.2) is 31.5 Å². The van der Waals surface area contributed by atoms with E-state index in [2.05, 4.69) is 5.32 Å². The molecule has 1 atom stereocenters. The van der Waals surface area contributed by atoms with E-state index in [0.29, 0.717) is 29.7 Å². The highest BCUT2D eigenvalue weighted by Crippen LogP contribution is 2.36. The number of carbonyl (C=O) groups is 1. The van der Waals surface area contributed by atoms with Gasteiger partial charge in [-0.3, -0.25) is 4.79 Å². The van der Waals surface area contributed by atoms with E-state index in [1.807, 2.05) is 38.1 Å². The zero-order chi connectivity index (χ0) is 19.4. The van der Waals surface area contributed by atoms with Crippen molar-refractivity contribution in [1.29, 1.82) is 0 Å². The third-order valence-electron chi connectivity index (χ3n) is 4.14. The molecule has 0 saturated heterocycles. The van der Waals surface area contributed by atoms with Gasteiger partial charge in [0.15, 0.2) is 11.5 Å². The topological polar surface area (TPSA) is 56.8 Å². The second kappa shape index (κ2) is 8.76. The van der Waals surface area contributed by atoms with Crippen LogP contribution in [0.15, 0.2) is 35.2 Å². The van der Waals surface area contributed by atoms with Crippen molar-refractivity contribution in [1.82, 2.24) is 0 Å². The molecule has 0 aromatic heterocycles. The highest BCUT2D eigenvalue weighted by Gasteiger charge is 2.19. The summed E-state index contributed by atoms with van der Waals surface area (Å²) in [5, 5.41) is 3.21. The quantitative estimate of drug-likeness (QED) is 0.711. The molecule has 0 radical (unpaired) electrons. The summed E-state index contributed by atoms with van der Waals surface area (Å²) in [4.78, 5) is 13.6. The molecule has 1 heterocycles. The van der Waals surface area contributed by atoms with Gasteiger partial charge in [0.2, 0.25) is 5.91 Å². The van der Waals surface area contributed by atoms with Crippen LogP contribution >= 0.6 is 23.4 Å².